The van der Waals surface area contributed by atoms with Gasteiger partial charge in [-0.2, -0.15) is 0 Å². The Kier molecular flexibility index (Phi) is 3.97. The molecule has 0 fully saturated rings. The van der Waals surface area contributed by atoms with Crippen molar-refractivity contribution in [2.45, 2.75) is 13.1 Å². The first kappa shape index (κ1) is 19.1. The Hall–Kier alpha value is -4.38. The molecule has 1 aromatic carbocycles. The molecule has 0 saturated heterocycles. The van der Waals surface area contributed by atoms with E-state index in [1.54, 1.807) is 12.5 Å². The van der Waals surface area contributed by atoms with Crippen LogP contribution in [-0.4, -0.2) is 48.1 Å². The van der Waals surface area contributed by atoms with Gasteiger partial charge in [-0.15, -0.1) is 21.5 Å². The molecule has 5 aromatic rings. The zero-order valence-electron chi connectivity index (χ0n) is 17.6. The maximum atomic E-state index is 13.1. The van der Waals surface area contributed by atoms with Crippen LogP contribution in [0, 0.1) is 0 Å². The molecule has 7 rings (SSSR count). The van der Waals surface area contributed by atoms with Crippen molar-refractivity contribution in [2.75, 3.05) is 11.4 Å². The number of imide groups is 1. The third-order valence-electron chi connectivity index (χ3n) is 6.23. The van der Waals surface area contributed by atoms with Crippen LogP contribution in [0.15, 0.2) is 48.2 Å². The van der Waals surface area contributed by atoms with E-state index in [-0.39, 0.29) is 5.57 Å². The molecule has 0 aliphatic carbocycles. The number of benzene rings is 1. The van der Waals surface area contributed by atoms with Crippen LogP contribution in [0.5, 0.6) is 0 Å². The number of aromatic amines is 1. The van der Waals surface area contributed by atoms with Gasteiger partial charge in [-0.1, -0.05) is 18.2 Å². The normalized spacial score (nSPS) is 16.1. The van der Waals surface area contributed by atoms with E-state index in [1.807, 2.05) is 45.2 Å². The highest BCUT2D eigenvalue weighted by molar-refractivity contribution is 7.17. The van der Waals surface area contributed by atoms with Gasteiger partial charge in [-0.05, 0) is 17.5 Å². The van der Waals surface area contributed by atoms with Gasteiger partial charge in [-0.25, -0.2) is 9.97 Å². The maximum absolute atomic E-state index is 13.1. The summed E-state index contributed by atoms with van der Waals surface area (Å²) < 4.78 is 2.92. The third kappa shape index (κ3) is 2.73. The molecular formula is C23H16N8O2S. The summed E-state index contributed by atoms with van der Waals surface area (Å²) in [6.07, 6.45) is 3.49. The fourth-order valence-corrected chi connectivity index (χ4v) is 5.49. The van der Waals surface area contributed by atoms with Crippen LogP contribution in [0.3, 0.4) is 0 Å². The first-order chi connectivity index (χ1) is 16.7. The molecule has 2 aliphatic heterocycles. The zero-order chi connectivity index (χ0) is 22.8. The van der Waals surface area contributed by atoms with E-state index in [0.717, 1.165) is 16.0 Å². The average molecular weight is 469 g/mol. The molecule has 2 aliphatic rings. The second kappa shape index (κ2) is 7.06. The summed E-state index contributed by atoms with van der Waals surface area (Å²) in [7, 11) is 0. The Balaban J connectivity index is 1.46. The van der Waals surface area contributed by atoms with Gasteiger partial charge in [0.1, 0.15) is 6.33 Å². The second-order valence-electron chi connectivity index (χ2n) is 8.15. The third-order valence-corrected chi connectivity index (χ3v) is 7.18. The maximum Gasteiger partial charge on any atom is 0.261 e. The molecule has 0 saturated carbocycles. The van der Waals surface area contributed by atoms with Gasteiger partial charge in [0.05, 0.1) is 39.1 Å². The second-order valence-corrected chi connectivity index (χ2v) is 9.07. The van der Waals surface area contributed by atoms with Crippen molar-refractivity contribution >= 4 is 61.4 Å². The minimum atomic E-state index is -0.459. The first-order valence-electron chi connectivity index (χ1n) is 10.7. The minimum Gasteiger partial charge on any atom is -0.360 e. The molecule has 0 unspecified atom stereocenters. The van der Waals surface area contributed by atoms with E-state index in [2.05, 4.69) is 20.5 Å². The summed E-state index contributed by atoms with van der Waals surface area (Å²) >= 11 is 1.52. The number of rotatable bonds is 3. The molecule has 34 heavy (non-hydrogen) atoms. The van der Waals surface area contributed by atoms with Gasteiger partial charge in [0.15, 0.2) is 5.82 Å². The Morgan fingerprint density at radius 3 is 2.82 bits per heavy atom. The van der Waals surface area contributed by atoms with Gasteiger partial charge in [0.2, 0.25) is 5.95 Å². The van der Waals surface area contributed by atoms with Crippen molar-refractivity contribution in [1.29, 1.82) is 0 Å². The lowest BCUT2D eigenvalue weighted by Gasteiger charge is -2.27. The monoisotopic (exact) mass is 468 g/mol. The number of nitrogens with one attached hydrogen (secondary N) is 2. The van der Waals surface area contributed by atoms with E-state index in [0.29, 0.717) is 53.3 Å². The van der Waals surface area contributed by atoms with Crippen molar-refractivity contribution in [3.8, 4) is 0 Å². The lowest BCUT2D eigenvalue weighted by atomic mass is 9.99. The summed E-state index contributed by atoms with van der Waals surface area (Å²) in [4.78, 5) is 41.0. The van der Waals surface area contributed by atoms with E-state index in [1.165, 1.54) is 11.3 Å². The standard InChI is InChI=1S/C23H16N8O2S/c32-21-17(13-9-24-15-5-8-34-20(13)15)18(22(33)28-21)19-12-3-1-2-4-14(12)26-23(27-19)30-6-7-31-11-25-29-16(31)10-30/h1-5,8-9,11,24H,6-7,10H2,(H,28,32,33). The first-order valence-corrected chi connectivity index (χ1v) is 11.6. The number of carbonyl (C=O) groups excluding carboxylic acids is 2. The van der Waals surface area contributed by atoms with Gasteiger partial charge in [0.25, 0.3) is 11.8 Å². The fourth-order valence-electron chi connectivity index (χ4n) is 4.60. The number of H-pyrrole nitrogens is 1. The number of hydrogen-bond donors (Lipinski definition) is 2. The summed E-state index contributed by atoms with van der Waals surface area (Å²) in [6.45, 7) is 1.89. The van der Waals surface area contributed by atoms with Crippen LogP contribution in [0.4, 0.5) is 5.95 Å². The number of fused-ring (bicyclic) bond motifs is 3. The Morgan fingerprint density at radius 1 is 1.00 bits per heavy atom. The molecule has 11 heteroatoms. The Bertz CT molecular complexity index is 1680. The van der Waals surface area contributed by atoms with Crippen LogP contribution in [0.1, 0.15) is 17.1 Å². The number of nitrogens with zero attached hydrogens (tertiary/aromatic N) is 6. The van der Waals surface area contributed by atoms with E-state index < -0.39 is 11.8 Å². The highest BCUT2D eigenvalue weighted by Crippen LogP contribution is 2.38. The zero-order valence-corrected chi connectivity index (χ0v) is 18.5. The Labute approximate surface area is 196 Å². The largest absolute Gasteiger partial charge is 0.360 e. The van der Waals surface area contributed by atoms with Crippen LogP contribution in [0.25, 0.3) is 32.3 Å². The topological polar surface area (TPSA) is 122 Å². The smallest absolute Gasteiger partial charge is 0.261 e. The molecule has 6 heterocycles. The number of para-hydroxylation sites is 1. The van der Waals surface area contributed by atoms with Gasteiger partial charge in [-0.3, -0.25) is 14.9 Å². The van der Waals surface area contributed by atoms with Crippen LogP contribution >= 0.6 is 11.3 Å². The molecule has 0 spiro atoms. The van der Waals surface area contributed by atoms with E-state index in [4.69, 9.17) is 9.97 Å². The number of thiophene rings is 1. The number of carbonyl (C=O) groups is 2. The number of anilines is 1. The summed E-state index contributed by atoms with van der Waals surface area (Å²) in [5, 5.41) is 13.3. The van der Waals surface area contributed by atoms with Crippen LogP contribution < -0.4 is 10.2 Å². The predicted molar refractivity (Wildman–Crippen MR) is 127 cm³/mol. The van der Waals surface area contributed by atoms with Crippen LogP contribution in [0.2, 0.25) is 0 Å². The van der Waals surface area contributed by atoms with E-state index in [9.17, 15) is 9.59 Å². The Morgan fingerprint density at radius 2 is 1.88 bits per heavy atom. The molecule has 0 atom stereocenters. The van der Waals surface area contributed by atoms with Crippen molar-refractivity contribution < 1.29 is 9.59 Å². The molecule has 166 valence electrons. The lowest BCUT2D eigenvalue weighted by Crippen LogP contribution is -2.35. The molecule has 10 nitrogen and oxygen atoms in total. The number of amides is 2. The minimum absolute atomic E-state index is 0.263. The van der Waals surface area contributed by atoms with Crippen molar-refractivity contribution in [2.24, 2.45) is 0 Å². The van der Waals surface area contributed by atoms with Gasteiger partial charge in [0, 0.05) is 30.2 Å². The van der Waals surface area contributed by atoms with Gasteiger partial charge >= 0.3 is 0 Å². The average Bonchev–Trinajstić information content (AvgIpc) is 3.62. The summed E-state index contributed by atoms with van der Waals surface area (Å²) in [5.41, 5.74) is 3.34. The number of aromatic nitrogens is 6. The molecule has 2 N–H and O–H groups in total. The van der Waals surface area contributed by atoms with Crippen molar-refractivity contribution in [3.63, 3.8) is 0 Å². The highest BCUT2D eigenvalue weighted by atomic mass is 32.1. The van der Waals surface area contributed by atoms with Crippen LogP contribution in [-0.2, 0) is 22.7 Å². The molecular weight excluding hydrogens is 452 g/mol. The quantitative estimate of drug-likeness (QED) is 0.390. The predicted octanol–water partition coefficient (Wildman–Crippen LogP) is 2.35. The lowest BCUT2D eigenvalue weighted by molar-refractivity contribution is -0.122. The fraction of sp³-hybridized carbons (Fsp3) is 0.130. The van der Waals surface area contributed by atoms with Crippen molar-refractivity contribution in [3.05, 3.63) is 65.3 Å². The molecule has 4 aromatic heterocycles. The molecule has 0 radical (unpaired) electrons. The highest BCUT2D eigenvalue weighted by Gasteiger charge is 2.36. The SMILES string of the molecule is O=C1NC(=O)C(c2c[nH]c3ccsc23)=C1c1nc(N2CCn3cnnc3C2)nc2ccccc12. The summed E-state index contributed by atoms with van der Waals surface area (Å²) in [5.74, 6) is 0.423. The summed E-state index contributed by atoms with van der Waals surface area (Å²) in [6, 6.07) is 9.48. The van der Waals surface area contributed by atoms with Crippen molar-refractivity contribution in [1.82, 2.24) is 35.0 Å². The van der Waals surface area contributed by atoms with E-state index >= 15 is 0 Å². The molecule has 2 amide bonds. The van der Waals surface area contributed by atoms with Gasteiger partial charge < -0.3 is 14.5 Å². The number of hydrogen-bond acceptors (Lipinski definition) is 8. The molecule has 0 bridgehead atoms.